The lowest BCUT2D eigenvalue weighted by Gasteiger charge is -2.22. The van der Waals surface area contributed by atoms with Crippen LogP contribution in [0.25, 0.3) is 0 Å². The molecule has 1 aromatic rings. The van der Waals surface area contributed by atoms with E-state index in [4.69, 9.17) is 5.41 Å². The van der Waals surface area contributed by atoms with Crippen LogP contribution in [0, 0.1) is 24.7 Å². The van der Waals surface area contributed by atoms with Crippen LogP contribution in [0.15, 0.2) is 18.2 Å². The Bertz CT molecular complexity index is 504. The highest BCUT2D eigenvalue weighted by Gasteiger charge is 2.17. The van der Waals surface area contributed by atoms with Crippen LogP contribution in [-0.4, -0.2) is 18.2 Å². The van der Waals surface area contributed by atoms with Gasteiger partial charge < -0.3 is 5.32 Å². The first-order valence-electron chi connectivity index (χ1n) is 7.22. The fourth-order valence-corrected chi connectivity index (χ4v) is 1.92. The molecule has 0 aliphatic carbocycles. The maximum atomic E-state index is 12.0. The second-order valence-electron chi connectivity index (χ2n) is 6.15. The van der Waals surface area contributed by atoms with Crippen molar-refractivity contribution in [1.29, 1.82) is 5.41 Å². The number of rotatable bonds is 6. The van der Waals surface area contributed by atoms with Crippen LogP contribution in [0.3, 0.4) is 0 Å². The Kier molecular flexibility index (Phi) is 5.49. The molecule has 110 valence electrons. The minimum absolute atomic E-state index is 0.0560. The molecular formula is C17H26N2O. The zero-order chi connectivity index (χ0) is 15.3. The molecule has 0 aliphatic rings. The summed E-state index contributed by atoms with van der Waals surface area (Å²) in [5.41, 5.74) is 3.11. The van der Waals surface area contributed by atoms with Crippen LogP contribution in [0.4, 0.5) is 0 Å². The summed E-state index contributed by atoms with van der Waals surface area (Å²) in [7, 11) is 0. The monoisotopic (exact) mass is 274 g/mol. The van der Waals surface area contributed by atoms with Crippen LogP contribution in [-0.2, 0) is 4.79 Å². The highest BCUT2D eigenvalue weighted by molar-refractivity contribution is 6.44. The van der Waals surface area contributed by atoms with Gasteiger partial charge in [0.1, 0.15) is 5.71 Å². The van der Waals surface area contributed by atoms with Crippen LogP contribution in [0.1, 0.15) is 50.3 Å². The van der Waals surface area contributed by atoms with Gasteiger partial charge in [-0.05, 0) is 36.8 Å². The van der Waals surface area contributed by atoms with E-state index >= 15 is 0 Å². The van der Waals surface area contributed by atoms with Gasteiger partial charge in [0.25, 0.3) is 5.91 Å². The van der Waals surface area contributed by atoms with Crippen LogP contribution in [0.5, 0.6) is 0 Å². The van der Waals surface area contributed by atoms with E-state index in [2.05, 4.69) is 26.1 Å². The zero-order valence-electron chi connectivity index (χ0n) is 13.3. The molecule has 0 aromatic heterocycles. The molecule has 20 heavy (non-hydrogen) atoms. The number of hydrogen-bond acceptors (Lipinski definition) is 2. The molecule has 0 bridgehead atoms. The maximum Gasteiger partial charge on any atom is 0.269 e. The molecule has 1 aromatic carbocycles. The predicted molar refractivity (Wildman–Crippen MR) is 84.4 cm³/mol. The number of carbonyl (C=O) groups excluding carboxylic acids is 1. The molecule has 0 atom stereocenters. The number of amides is 1. The molecule has 3 nitrogen and oxygen atoms in total. The normalized spacial score (nSPS) is 11.2. The first-order chi connectivity index (χ1) is 9.28. The average Bonchev–Trinajstić information content (AvgIpc) is 2.41. The van der Waals surface area contributed by atoms with Gasteiger partial charge in [0, 0.05) is 12.1 Å². The Morgan fingerprint density at radius 2 is 1.95 bits per heavy atom. The third-order valence-electron chi connectivity index (χ3n) is 4.15. The van der Waals surface area contributed by atoms with Gasteiger partial charge in [-0.2, -0.15) is 0 Å². The molecule has 1 rings (SSSR count). The summed E-state index contributed by atoms with van der Waals surface area (Å²) in [6.07, 6.45) is 2.01. The van der Waals surface area contributed by atoms with E-state index in [0.717, 1.165) is 29.5 Å². The summed E-state index contributed by atoms with van der Waals surface area (Å²) in [5.74, 6) is -0.286. The Balaban J connectivity index is 2.64. The van der Waals surface area contributed by atoms with E-state index in [1.54, 1.807) is 0 Å². The summed E-state index contributed by atoms with van der Waals surface area (Å²) in [5, 5.41) is 10.9. The third-order valence-corrected chi connectivity index (χ3v) is 4.15. The highest BCUT2D eigenvalue weighted by Crippen LogP contribution is 2.23. The van der Waals surface area contributed by atoms with E-state index in [9.17, 15) is 4.79 Å². The first-order valence-corrected chi connectivity index (χ1v) is 7.22. The largest absolute Gasteiger partial charge is 0.351 e. The van der Waals surface area contributed by atoms with Crippen molar-refractivity contribution in [3.05, 3.63) is 34.9 Å². The lowest BCUT2D eigenvalue weighted by molar-refractivity contribution is -0.114. The van der Waals surface area contributed by atoms with Crippen molar-refractivity contribution in [3.8, 4) is 0 Å². The topological polar surface area (TPSA) is 53.0 Å². The van der Waals surface area contributed by atoms with Gasteiger partial charge in [0.05, 0.1) is 0 Å². The molecule has 1 amide bonds. The quantitative estimate of drug-likeness (QED) is 0.765. The van der Waals surface area contributed by atoms with Crippen LogP contribution >= 0.6 is 0 Å². The smallest absolute Gasteiger partial charge is 0.269 e. The van der Waals surface area contributed by atoms with Crippen molar-refractivity contribution in [2.45, 2.75) is 47.5 Å². The van der Waals surface area contributed by atoms with E-state index < -0.39 is 0 Å². The van der Waals surface area contributed by atoms with Gasteiger partial charge >= 0.3 is 0 Å². The van der Waals surface area contributed by atoms with E-state index in [1.165, 1.54) is 0 Å². The number of hydrogen-bond donors (Lipinski definition) is 2. The van der Waals surface area contributed by atoms with Gasteiger partial charge in [-0.3, -0.25) is 10.2 Å². The van der Waals surface area contributed by atoms with Crippen molar-refractivity contribution >= 4 is 11.6 Å². The van der Waals surface area contributed by atoms with Gasteiger partial charge in [-0.15, -0.1) is 0 Å². The molecule has 2 N–H and O–H groups in total. The van der Waals surface area contributed by atoms with Gasteiger partial charge in [0.15, 0.2) is 0 Å². The Hall–Kier alpha value is -1.64. The SMILES string of the molecule is CCC(C)(C)CCNC(=O)C(=N)c1cccc(C)c1C. The fraction of sp³-hybridized carbons (Fsp3) is 0.529. The molecule has 0 fully saturated rings. The second-order valence-corrected chi connectivity index (χ2v) is 6.15. The van der Waals surface area contributed by atoms with E-state index in [1.807, 2.05) is 32.0 Å². The molecule has 0 saturated heterocycles. The molecule has 0 spiro atoms. The highest BCUT2D eigenvalue weighted by atomic mass is 16.1. The minimum Gasteiger partial charge on any atom is -0.351 e. The van der Waals surface area contributed by atoms with Crippen molar-refractivity contribution < 1.29 is 4.79 Å². The van der Waals surface area contributed by atoms with Crippen molar-refractivity contribution in [2.24, 2.45) is 5.41 Å². The van der Waals surface area contributed by atoms with Gasteiger partial charge in [0.2, 0.25) is 0 Å². The summed E-state index contributed by atoms with van der Waals surface area (Å²) in [6, 6.07) is 5.72. The third kappa shape index (κ3) is 4.19. The molecular weight excluding hydrogens is 248 g/mol. The average molecular weight is 274 g/mol. The summed E-state index contributed by atoms with van der Waals surface area (Å²) in [4.78, 5) is 12.0. The number of nitrogens with one attached hydrogen (secondary N) is 2. The fourth-order valence-electron chi connectivity index (χ4n) is 1.92. The molecule has 0 aliphatic heterocycles. The number of benzene rings is 1. The van der Waals surface area contributed by atoms with Gasteiger partial charge in [-0.1, -0.05) is 45.4 Å². The van der Waals surface area contributed by atoms with Crippen molar-refractivity contribution in [3.63, 3.8) is 0 Å². The minimum atomic E-state index is -0.286. The summed E-state index contributed by atoms with van der Waals surface area (Å²) >= 11 is 0. The zero-order valence-corrected chi connectivity index (χ0v) is 13.3. The Labute approximate surface area is 122 Å². The van der Waals surface area contributed by atoms with E-state index in [-0.39, 0.29) is 17.0 Å². The number of carbonyl (C=O) groups is 1. The van der Waals surface area contributed by atoms with Crippen molar-refractivity contribution in [1.82, 2.24) is 5.32 Å². The summed E-state index contributed by atoms with van der Waals surface area (Å²) < 4.78 is 0. The van der Waals surface area contributed by atoms with E-state index in [0.29, 0.717) is 6.54 Å². The lowest BCUT2D eigenvalue weighted by atomic mass is 9.86. The molecule has 0 unspecified atom stereocenters. The Morgan fingerprint density at radius 1 is 1.30 bits per heavy atom. The van der Waals surface area contributed by atoms with Gasteiger partial charge in [-0.25, -0.2) is 0 Å². The molecule has 0 heterocycles. The second kappa shape index (κ2) is 6.69. The Morgan fingerprint density at radius 3 is 2.55 bits per heavy atom. The molecule has 0 saturated carbocycles. The lowest BCUT2D eigenvalue weighted by Crippen LogP contribution is -2.34. The van der Waals surface area contributed by atoms with Crippen LogP contribution in [0.2, 0.25) is 0 Å². The molecule has 0 radical (unpaired) electrons. The maximum absolute atomic E-state index is 12.0. The molecule has 3 heteroatoms. The predicted octanol–water partition coefficient (Wildman–Crippen LogP) is 3.61. The summed E-state index contributed by atoms with van der Waals surface area (Å²) in [6.45, 7) is 11.1. The number of aryl methyl sites for hydroxylation is 1. The van der Waals surface area contributed by atoms with Crippen molar-refractivity contribution in [2.75, 3.05) is 6.54 Å². The van der Waals surface area contributed by atoms with Crippen LogP contribution < -0.4 is 5.32 Å². The first kappa shape index (κ1) is 16.4. The standard InChI is InChI=1S/C17H26N2O/c1-6-17(4,5)10-11-19-16(20)15(18)14-9-7-8-12(2)13(14)3/h7-9,18H,6,10-11H2,1-5H3,(H,19,20).